The van der Waals surface area contributed by atoms with Crippen LogP contribution in [0.3, 0.4) is 0 Å². The summed E-state index contributed by atoms with van der Waals surface area (Å²) in [5, 5.41) is 20.1. The van der Waals surface area contributed by atoms with E-state index < -0.39 is 66.4 Å². The summed E-state index contributed by atoms with van der Waals surface area (Å²) in [4.78, 5) is 43.8. The first kappa shape index (κ1) is 17.7. The largest absolute Gasteiger partial charge is 0.369 e. The van der Waals surface area contributed by atoms with E-state index in [-0.39, 0.29) is 6.15 Å². The van der Waals surface area contributed by atoms with Crippen molar-refractivity contribution in [3.05, 3.63) is 0 Å². The van der Waals surface area contributed by atoms with Crippen LogP contribution in [-0.4, -0.2) is 58.6 Å². The number of hydrogen-bond donors (Lipinski definition) is 2. The van der Waals surface area contributed by atoms with Gasteiger partial charge in [0.25, 0.3) is 0 Å². The van der Waals surface area contributed by atoms with E-state index in [1.54, 1.807) is 0 Å². The standard InChI is InChI=1S/C6H8O7.C2H4O2.H3N.Pb/c7-3(8)1-6(13,5(11)12)2-4(9)10;1-2(3)4;;/h13H,1-2H2,(H,7,8)(H,9,10)(H,11,12);1H3,(H,3,4);1H3;/q;;;+3/p-3. The van der Waals surface area contributed by atoms with Crippen LogP contribution in [0.1, 0.15) is 19.8 Å². The molecule has 1 atom stereocenters. The van der Waals surface area contributed by atoms with Crippen molar-refractivity contribution >= 4 is 47.9 Å². The van der Waals surface area contributed by atoms with Crippen molar-refractivity contribution in [2.24, 2.45) is 0 Å². The third-order valence-electron chi connectivity index (χ3n) is 1.85. The Hall–Kier alpha value is -1.28. The average Bonchev–Trinajstić information content (AvgIpc) is 2.21. The molecular weight excluding hydrogens is 461 g/mol. The van der Waals surface area contributed by atoms with Crippen molar-refractivity contribution < 1.29 is 37.5 Å². The minimum absolute atomic E-state index is 0. The number of hydrogen-bond acceptors (Lipinski definition) is 9. The number of rotatable bonds is 3. The van der Waals surface area contributed by atoms with Crippen LogP contribution < -0.4 is 11.3 Å². The molecule has 19 heavy (non-hydrogen) atoms. The van der Waals surface area contributed by atoms with Crippen molar-refractivity contribution in [3.8, 4) is 0 Å². The number of quaternary nitrogens is 1. The predicted molar refractivity (Wildman–Crippen MR) is 54.9 cm³/mol. The van der Waals surface area contributed by atoms with E-state index in [1.165, 1.54) is 0 Å². The Labute approximate surface area is 117 Å². The Morgan fingerprint density at radius 2 is 2.05 bits per heavy atom. The Kier molecular flexibility index (Phi) is 6.31. The van der Waals surface area contributed by atoms with E-state index in [0.717, 1.165) is 6.92 Å². The van der Waals surface area contributed by atoms with Crippen LogP contribution in [-0.2, 0) is 27.2 Å². The monoisotopic (exact) mass is 474 g/mol. The molecule has 0 bridgehead atoms. The van der Waals surface area contributed by atoms with Crippen molar-refractivity contribution in [1.82, 2.24) is 6.15 Å². The third kappa shape index (κ3) is 5.08. The number of aliphatic hydroxyl groups is 1. The molecule has 1 unspecified atom stereocenters. The van der Waals surface area contributed by atoms with Gasteiger partial charge in [0.15, 0.2) is 0 Å². The summed E-state index contributed by atoms with van der Waals surface area (Å²) in [6, 6.07) is 0. The molecule has 10 nitrogen and oxygen atoms in total. The van der Waals surface area contributed by atoms with Crippen LogP contribution in [0.5, 0.6) is 0 Å². The first-order valence-electron chi connectivity index (χ1n) is 4.63. The van der Waals surface area contributed by atoms with Gasteiger partial charge in [-0.15, -0.1) is 0 Å². The van der Waals surface area contributed by atoms with Crippen molar-refractivity contribution in [1.29, 1.82) is 0 Å². The third-order valence-corrected chi connectivity index (χ3v) is 6.52. The topological polar surface area (TPSA) is 176 Å². The zero-order chi connectivity index (χ0) is 13.9. The maximum atomic E-state index is 11.5. The quantitative estimate of drug-likeness (QED) is 0.412. The second kappa shape index (κ2) is 6.76. The van der Waals surface area contributed by atoms with Gasteiger partial charge >= 0.3 is 111 Å². The fourth-order valence-electron chi connectivity index (χ4n) is 1.16. The Morgan fingerprint density at radius 1 is 1.47 bits per heavy atom. The molecule has 5 N–H and O–H groups in total. The summed E-state index contributed by atoms with van der Waals surface area (Å²) in [7, 11) is 0. The number of carbonyl (C=O) groups is 4. The molecule has 11 heteroatoms. The molecule has 0 aromatic rings. The average molecular weight is 473 g/mol. The SMILES string of the molecule is CC(=O)[O][Pb]1[O]C(=O)CC(O)(CC(=O)[O-])C(=O)[O]1.[NH4+]. The zero-order valence-electron chi connectivity index (χ0n) is 10.1. The molecule has 0 spiro atoms. The Bertz CT molecular complexity index is 411. The van der Waals surface area contributed by atoms with Crippen LogP contribution >= 0.6 is 0 Å². The molecule has 1 rings (SSSR count). The summed E-state index contributed by atoms with van der Waals surface area (Å²) in [5.41, 5.74) is -2.55. The molecule has 1 heterocycles. The first-order valence-corrected chi connectivity index (χ1v) is 9.39. The van der Waals surface area contributed by atoms with Crippen molar-refractivity contribution in [2.45, 2.75) is 25.4 Å². The number of carbonyl (C=O) groups excluding carboxylic acids is 4. The molecule has 1 fully saturated rings. The van der Waals surface area contributed by atoms with Gasteiger partial charge in [-0.25, -0.2) is 0 Å². The number of carboxylic acids is 1. The molecule has 0 aromatic heterocycles. The van der Waals surface area contributed by atoms with Crippen molar-refractivity contribution in [3.63, 3.8) is 0 Å². The first-order chi connectivity index (χ1) is 8.23. The van der Waals surface area contributed by atoms with E-state index in [9.17, 15) is 29.4 Å². The maximum absolute atomic E-state index is 11.5. The summed E-state index contributed by atoms with van der Waals surface area (Å²) in [5.74, 6) is -4.96. The fraction of sp³-hybridized carbons (Fsp3) is 0.500. The van der Waals surface area contributed by atoms with E-state index in [1.807, 2.05) is 0 Å². The van der Waals surface area contributed by atoms with E-state index >= 15 is 0 Å². The van der Waals surface area contributed by atoms with Gasteiger partial charge in [-0.1, -0.05) is 0 Å². The van der Waals surface area contributed by atoms with Gasteiger partial charge in [-0.3, -0.25) is 0 Å². The van der Waals surface area contributed by atoms with Crippen LogP contribution in [0.2, 0.25) is 0 Å². The smallest absolute Gasteiger partial charge is 0.369 e. The van der Waals surface area contributed by atoms with Crippen LogP contribution in [0, 0.1) is 0 Å². The van der Waals surface area contributed by atoms with Crippen LogP contribution in [0.15, 0.2) is 0 Å². The predicted octanol–water partition coefficient (Wildman–Crippen LogP) is -2.73. The molecule has 1 saturated heterocycles. The fourth-order valence-corrected chi connectivity index (χ4v) is 4.89. The Balaban J connectivity index is 0.00000324. The molecular formula is C8H12NO9Pb. The van der Waals surface area contributed by atoms with Gasteiger partial charge in [0.2, 0.25) is 0 Å². The van der Waals surface area contributed by atoms with E-state index in [4.69, 9.17) is 0 Å². The molecule has 1 aliphatic rings. The van der Waals surface area contributed by atoms with Crippen LogP contribution in [0.4, 0.5) is 0 Å². The van der Waals surface area contributed by atoms with E-state index in [2.05, 4.69) is 8.06 Å². The number of carboxylic acid groups (broad SMARTS) is 1. The van der Waals surface area contributed by atoms with Gasteiger partial charge < -0.3 is 6.15 Å². The van der Waals surface area contributed by atoms with Gasteiger partial charge in [0.05, 0.1) is 0 Å². The van der Waals surface area contributed by atoms with Crippen molar-refractivity contribution in [2.75, 3.05) is 0 Å². The summed E-state index contributed by atoms with van der Waals surface area (Å²) >= 11 is -4.17. The van der Waals surface area contributed by atoms with Gasteiger partial charge in [-0.2, -0.15) is 0 Å². The zero-order valence-corrected chi connectivity index (χ0v) is 14.0. The molecule has 0 aliphatic carbocycles. The molecule has 0 aromatic carbocycles. The van der Waals surface area contributed by atoms with Crippen LogP contribution in [0.25, 0.3) is 0 Å². The molecule has 0 amide bonds. The minimum atomic E-state index is -4.17. The van der Waals surface area contributed by atoms with Gasteiger partial charge in [0, 0.05) is 0 Å². The maximum Gasteiger partial charge on any atom is -0.369 e. The molecule has 0 saturated carbocycles. The second-order valence-corrected chi connectivity index (χ2v) is 7.79. The number of aliphatic carboxylic acids is 1. The van der Waals surface area contributed by atoms with Gasteiger partial charge in [-0.05, 0) is 0 Å². The normalized spacial score (nSPS) is 23.5. The summed E-state index contributed by atoms with van der Waals surface area (Å²) < 4.78 is 13.7. The molecule has 1 radical (unpaired) electrons. The second-order valence-electron chi connectivity index (χ2n) is 3.46. The Morgan fingerprint density at radius 3 is 2.53 bits per heavy atom. The minimum Gasteiger partial charge on any atom is -0.369 e. The van der Waals surface area contributed by atoms with E-state index in [0.29, 0.717) is 0 Å². The summed E-state index contributed by atoms with van der Waals surface area (Å²) in [6.07, 6.45) is -2.00. The molecule has 1 aliphatic heterocycles. The summed E-state index contributed by atoms with van der Waals surface area (Å²) in [6.45, 7) is 1.03. The molecule has 107 valence electrons. The van der Waals surface area contributed by atoms with Gasteiger partial charge in [0.1, 0.15) is 0 Å².